The van der Waals surface area contributed by atoms with Crippen molar-refractivity contribution in [3.05, 3.63) is 47.5 Å². The third-order valence-corrected chi connectivity index (χ3v) is 4.97. The van der Waals surface area contributed by atoms with Crippen LogP contribution >= 0.6 is 0 Å². The van der Waals surface area contributed by atoms with E-state index in [0.29, 0.717) is 13.0 Å². The van der Waals surface area contributed by atoms with Gasteiger partial charge in [0.2, 0.25) is 5.91 Å². The van der Waals surface area contributed by atoms with Crippen LogP contribution in [0.3, 0.4) is 0 Å². The number of terminal acetylenes is 1. The number of carbonyl (C=O) groups excluding carboxylic acids is 2. The van der Waals surface area contributed by atoms with Crippen molar-refractivity contribution in [2.45, 2.75) is 32.7 Å². The number of hydrogen-bond acceptors (Lipinski definition) is 2. The molecule has 0 bridgehead atoms. The number of halogens is 2. The van der Waals surface area contributed by atoms with E-state index in [1.165, 1.54) is 4.90 Å². The number of nitrogens with zero attached hydrogens (tertiary/aromatic N) is 2. The Morgan fingerprint density at radius 3 is 2.63 bits per heavy atom. The quantitative estimate of drug-likeness (QED) is 0.587. The molecule has 2 rings (SSSR count). The van der Waals surface area contributed by atoms with Gasteiger partial charge in [-0.2, -0.15) is 0 Å². The minimum atomic E-state index is -0.850. The molecule has 0 saturated carbocycles. The normalized spacial score (nSPS) is 18.0. The molecular weight excluding hydrogens is 350 g/mol. The van der Waals surface area contributed by atoms with Crippen molar-refractivity contribution in [2.24, 2.45) is 5.92 Å². The summed E-state index contributed by atoms with van der Waals surface area (Å²) < 4.78 is 28.0. The predicted molar refractivity (Wildman–Crippen MR) is 100.0 cm³/mol. The number of amides is 2. The molecule has 2 amide bonds. The van der Waals surface area contributed by atoms with Crippen LogP contribution in [0.1, 0.15) is 42.6 Å². The van der Waals surface area contributed by atoms with Crippen molar-refractivity contribution >= 4 is 11.8 Å². The second kappa shape index (κ2) is 8.81. The number of hydrogen-bond donors (Lipinski definition) is 0. The highest BCUT2D eigenvalue weighted by Gasteiger charge is 2.31. The highest BCUT2D eigenvalue weighted by atomic mass is 19.1. The first kappa shape index (κ1) is 20.6. The van der Waals surface area contributed by atoms with Crippen molar-refractivity contribution in [3.8, 4) is 12.3 Å². The van der Waals surface area contributed by atoms with Crippen molar-refractivity contribution in [3.63, 3.8) is 0 Å². The second-order valence-corrected chi connectivity index (χ2v) is 6.75. The zero-order chi connectivity index (χ0) is 20.1. The van der Waals surface area contributed by atoms with Crippen LogP contribution < -0.4 is 0 Å². The molecular formula is C21H24F2N2O2. The Morgan fingerprint density at radius 2 is 2.07 bits per heavy atom. The summed E-state index contributed by atoms with van der Waals surface area (Å²) in [4.78, 5) is 28.3. The monoisotopic (exact) mass is 374 g/mol. The van der Waals surface area contributed by atoms with E-state index in [4.69, 9.17) is 6.42 Å². The highest BCUT2D eigenvalue weighted by molar-refractivity contribution is 5.95. The molecule has 4 nitrogen and oxygen atoms in total. The summed E-state index contributed by atoms with van der Waals surface area (Å²) >= 11 is 0. The molecule has 144 valence electrons. The van der Waals surface area contributed by atoms with Gasteiger partial charge < -0.3 is 9.80 Å². The van der Waals surface area contributed by atoms with Gasteiger partial charge in [0.25, 0.3) is 5.91 Å². The molecule has 1 aliphatic rings. The van der Waals surface area contributed by atoms with Crippen LogP contribution in [0.4, 0.5) is 8.78 Å². The van der Waals surface area contributed by atoms with Crippen LogP contribution in [-0.4, -0.2) is 47.3 Å². The Labute approximate surface area is 158 Å². The van der Waals surface area contributed by atoms with E-state index < -0.39 is 17.5 Å². The summed E-state index contributed by atoms with van der Waals surface area (Å²) in [5.41, 5.74) is -0.572. The molecule has 0 radical (unpaired) electrons. The zero-order valence-corrected chi connectivity index (χ0v) is 15.7. The number of benzene rings is 1. The average molecular weight is 374 g/mol. The lowest BCUT2D eigenvalue weighted by atomic mass is 10.0. The molecule has 6 heteroatoms. The maximum atomic E-state index is 14.2. The lowest BCUT2D eigenvalue weighted by Crippen LogP contribution is -2.55. The first-order chi connectivity index (χ1) is 12.8. The van der Waals surface area contributed by atoms with Crippen molar-refractivity contribution in [2.75, 3.05) is 19.6 Å². The van der Waals surface area contributed by atoms with Crippen LogP contribution in [0.5, 0.6) is 0 Å². The van der Waals surface area contributed by atoms with E-state index in [1.807, 2.05) is 19.8 Å². The topological polar surface area (TPSA) is 40.6 Å². The molecule has 0 N–H and O–H groups in total. The summed E-state index contributed by atoms with van der Waals surface area (Å²) in [7, 11) is 0. The molecule has 1 heterocycles. The van der Waals surface area contributed by atoms with Gasteiger partial charge in [-0.05, 0) is 31.4 Å². The van der Waals surface area contributed by atoms with Crippen LogP contribution in [0.2, 0.25) is 0 Å². The fourth-order valence-corrected chi connectivity index (χ4v) is 3.24. The van der Waals surface area contributed by atoms with Gasteiger partial charge in [-0.15, -0.1) is 13.0 Å². The zero-order valence-electron chi connectivity index (χ0n) is 15.7. The maximum Gasteiger partial charge on any atom is 0.257 e. The Morgan fingerprint density at radius 1 is 1.37 bits per heavy atom. The van der Waals surface area contributed by atoms with Crippen molar-refractivity contribution < 1.29 is 18.4 Å². The predicted octanol–water partition coefficient (Wildman–Crippen LogP) is 3.22. The molecule has 1 saturated heterocycles. The summed E-state index contributed by atoms with van der Waals surface area (Å²) in [6.45, 7) is 8.45. The summed E-state index contributed by atoms with van der Waals surface area (Å²) in [6.07, 6.45) is 8.10. The molecule has 0 spiro atoms. The third kappa shape index (κ3) is 4.54. The Hall–Kier alpha value is -2.68. The van der Waals surface area contributed by atoms with Crippen LogP contribution in [-0.2, 0) is 4.79 Å². The van der Waals surface area contributed by atoms with Gasteiger partial charge in [0.15, 0.2) is 0 Å². The molecule has 27 heavy (non-hydrogen) atoms. The standard InChI is InChI=1S/C21H24F2N2O2/c1-5-15(6-2)10-20(26)25-9-8-24(13-14(25)4)21(27)17-12-18(22)16(7-3)11-19(17)23/h3,5,11-12,14-15H,1,6,8-10,13H2,2,4H3. The highest BCUT2D eigenvalue weighted by Crippen LogP contribution is 2.20. The van der Waals surface area contributed by atoms with Crippen molar-refractivity contribution in [1.29, 1.82) is 0 Å². The fraction of sp³-hybridized carbons (Fsp3) is 0.429. The molecule has 0 aromatic heterocycles. The summed E-state index contributed by atoms with van der Waals surface area (Å²) in [6, 6.07) is 1.48. The SMILES string of the molecule is C#Cc1cc(F)c(C(=O)N2CCN(C(=O)CC(C=C)CC)C(C)C2)cc1F. The fourth-order valence-electron chi connectivity index (χ4n) is 3.24. The number of rotatable bonds is 5. The molecule has 1 aliphatic heterocycles. The van der Waals surface area contributed by atoms with E-state index >= 15 is 0 Å². The Kier molecular flexibility index (Phi) is 6.73. The molecule has 0 aliphatic carbocycles. The van der Waals surface area contributed by atoms with Gasteiger partial charge in [-0.25, -0.2) is 8.78 Å². The van der Waals surface area contributed by atoms with Gasteiger partial charge in [-0.1, -0.05) is 18.9 Å². The van der Waals surface area contributed by atoms with E-state index in [0.717, 1.165) is 18.6 Å². The summed E-state index contributed by atoms with van der Waals surface area (Å²) in [5.74, 6) is -0.0877. The van der Waals surface area contributed by atoms with Gasteiger partial charge >= 0.3 is 0 Å². The molecule has 2 unspecified atom stereocenters. The van der Waals surface area contributed by atoms with Gasteiger partial charge in [-0.3, -0.25) is 9.59 Å². The summed E-state index contributed by atoms with van der Waals surface area (Å²) in [5, 5.41) is 0. The van der Waals surface area contributed by atoms with E-state index in [1.54, 1.807) is 11.0 Å². The third-order valence-electron chi connectivity index (χ3n) is 4.97. The molecule has 2 atom stereocenters. The molecule has 1 aromatic carbocycles. The van der Waals surface area contributed by atoms with Crippen LogP contribution in [0.25, 0.3) is 0 Å². The largest absolute Gasteiger partial charge is 0.336 e. The Balaban J connectivity index is 2.09. The second-order valence-electron chi connectivity index (χ2n) is 6.75. The van der Waals surface area contributed by atoms with E-state index in [-0.39, 0.29) is 42.1 Å². The Bertz CT molecular complexity index is 785. The minimum absolute atomic E-state index is 0.0111. The van der Waals surface area contributed by atoms with E-state index in [2.05, 4.69) is 6.58 Å². The smallest absolute Gasteiger partial charge is 0.257 e. The number of piperazine rings is 1. The minimum Gasteiger partial charge on any atom is -0.336 e. The number of allylic oxidation sites excluding steroid dienone is 1. The van der Waals surface area contributed by atoms with Gasteiger partial charge in [0.1, 0.15) is 11.6 Å². The first-order valence-corrected chi connectivity index (χ1v) is 8.99. The van der Waals surface area contributed by atoms with Crippen molar-refractivity contribution in [1.82, 2.24) is 9.80 Å². The van der Waals surface area contributed by atoms with Crippen LogP contribution in [0, 0.1) is 29.9 Å². The molecule has 1 fully saturated rings. The van der Waals surface area contributed by atoms with Gasteiger partial charge in [0, 0.05) is 32.1 Å². The lowest BCUT2D eigenvalue weighted by Gasteiger charge is -2.40. The average Bonchev–Trinajstić information content (AvgIpc) is 2.66. The lowest BCUT2D eigenvalue weighted by molar-refractivity contribution is -0.136. The number of carbonyl (C=O) groups is 2. The van der Waals surface area contributed by atoms with Crippen LogP contribution in [0.15, 0.2) is 24.8 Å². The van der Waals surface area contributed by atoms with Gasteiger partial charge in [0.05, 0.1) is 11.1 Å². The maximum absolute atomic E-state index is 14.2. The van der Waals surface area contributed by atoms with E-state index in [9.17, 15) is 18.4 Å². The molecule has 1 aromatic rings. The first-order valence-electron chi connectivity index (χ1n) is 8.99.